The summed E-state index contributed by atoms with van der Waals surface area (Å²) in [6.45, 7) is 2.10. The van der Waals surface area contributed by atoms with Gasteiger partial charge in [0.2, 0.25) is 5.91 Å². The highest BCUT2D eigenvalue weighted by Gasteiger charge is 2.13. The molecule has 1 amide bonds. The largest absolute Gasteiger partial charge is 0.457 e. The van der Waals surface area contributed by atoms with Crippen LogP contribution in [-0.4, -0.2) is 10.8 Å². The van der Waals surface area contributed by atoms with Gasteiger partial charge in [0.05, 0.1) is 4.92 Å². The van der Waals surface area contributed by atoms with Crippen LogP contribution in [0.2, 0.25) is 0 Å². The number of hydrogen-bond donors (Lipinski definition) is 2. The van der Waals surface area contributed by atoms with Gasteiger partial charge in [-0.05, 0) is 41.8 Å². The normalized spacial score (nSPS) is 11.8. The zero-order chi connectivity index (χ0) is 17.7. The van der Waals surface area contributed by atoms with Gasteiger partial charge >= 0.3 is 0 Å². The van der Waals surface area contributed by atoms with Gasteiger partial charge in [0.25, 0.3) is 5.69 Å². The SMILES string of the molecule is CC(Cc1cc(Oc2ccc([N+](=O)[O-])cc2)ccc1CN)C(N)=O. The molecule has 0 aliphatic carbocycles. The van der Waals surface area contributed by atoms with E-state index in [1.54, 1.807) is 13.0 Å². The maximum atomic E-state index is 11.3. The smallest absolute Gasteiger partial charge is 0.269 e. The van der Waals surface area contributed by atoms with Crippen molar-refractivity contribution in [1.82, 2.24) is 0 Å². The zero-order valence-corrected chi connectivity index (χ0v) is 13.3. The second-order valence-electron chi connectivity index (χ2n) is 5.50. The summed E-state index contributed by atoms with van der Waals surface area (Å²) in [5.74, 6) is 0.354. The van der Waals surface area contributed by atoms with E-state index in [-0.39, 0.29) is 17.5 Å². The van der Waals surface area contributed by atoms with Crippen LogP contribution in [0.4, 0.5) is 5.69 Å². The number of benzene rings is 2. The van der Waals surface area contributed by atoms with Crippen LogP contribution in [0, 0.1) is 16.0 Å². The van der Waals surface area contributed by atoms with Crippen molar-refractivity contribution in [2.75, 3.05) is 0 Å². The summed E-state index contributed by atoms with van der Waals surface area (Å²) in [6, 6.07) is 11.2. The summed E-state index contributed by atoms with van der Waals surface area (Å²) < 4.78 is 5.72. The molecule has 1 atom stereocenters. The van der Waals surface area contributed by atoms with E-state index in [9.17, 15) is 14.9 Å². The predicted molar refractivity (Wildman–Crippen MR) is 89.6 cm³/mol. The van der Waals surface area contributed by atoms with E-state index in [4.69, 9.17) is 16.2 Å². The molecule has 0 aliphatic rings. The predicted octanol–water partition coefficient (Wildman–Crippen LogP) is 2.51. The van der Waals surface area contributed by atoms with Crippen molar-refractivity contribution in [3.63, 3.8) is 0 Å². The minimum atomic E-state index is -0.469. The number of amides is 1. The number of nitrogens with zero attached hydrogens (tertiary/aromatic N) is 1. The molecule has 0 bridgehead atoms. The number of nitrogens with two attached hydrogens (primary N) is 2. The van der Waals surface area contributed by atoms with Crippen molar-refractivity contribution < 1.29 is 14.5 Å². The van der Waals surface area contributed by atoms with Gasteiger partial charge in [-0.1, -0.05) is 13.0 Å². The number of nitro groups is 1. The molecule has 24 heavy (non-hydrogen) atoms. The Morgan fingerprint density at radius 1 is 1.17 bits per heavy atom. The molecule has 0 aromatic heterocycles. The molecule has 0 fully saturated rings. The van der Waals surface area contributed by atoms with Crippen molar-refractivity contribution >= 4 is 11.6 Å². The fraction of sp³-hybridized carbons (Fsp3) is 0.235. The number of rotatable bonds is 7. The van der Waals surface area contributed by atoms with Gasteiger partial charge in [0, 0.05) is 24.6 Å². The summed E-state index contributed by atoms with van der Waals surface area (Å²) in [5, 5.41) is 10.7. The molecule has 4 N–H and O–H groups in total. The van der Waals surface area contributed by atoms with Gasteiger partial charge in [-0.15, -0.1) is 0 Å². The Labute approximate surface area is 139 Å². The van der Waals surface area contributed by atoms with Crippen molar-refractivity contribution in [2.24, 2.45) is 17.4 Å². The minimum absolute atomic E-state index is 0.00296. The van der Waals surface area contributed by atoms with E-state index in [0.29, 0.717) is 24.5 Å². The molecule has 0 saturated heterocycles. The highest BCUT2D eigenvalue weighted by Crippen LogP contribution is 2.27. The number of nitro benzene ring substituents is 1. The van der Waals surface area contributed by atoms with Gasteiger partial charge in [-0.3, -0.25) is 14.9 Å². The summed E-state index contributed by atoms with van der Waals surface area (Å²) in [7, 11) is 0. The van der Waals surface area contributed by atoms with Crippen molar-refractivity contribution in [3.8, 4) is 11.5 Å². The van der Waals surface area contributed by atoms with Crippen LogP contribution in [0.5, 0.6) is 11.5 Å². The maximum absolute atomic E-state index is 11.3. The molecule has 2 rings (SSSR count). The Balaban J connectivity index is 2.21. The van der Waals surface area contributed by atoms with Gasteiger partial charge < -0.3 is 16.2 Å². The highest BCUT2D eigenvalue weighted by molar-refractivity contribution is 5.76. The molecule has 2 aromatic carbocycles. The Morgan fingerprint density at radius 3 is 2.33 bits per heavy atom. The number of ether oxygens (including phenoxy) is 1. The first kappa shape index (κ1) is 17.4. The first-order valence-electron chi connectivity index (χ1n) is 7.44. The van der Waals surface area contributed by atoms with Crippen molar-refractivity contribution in [3.05, 3.63) is 63.7 Å². The molecule has 2 aromatic rings. The molecule has 126 valence electrons. The lowest BCUT2D eigenvalue weighted by Crippen LogP contribution is -2.23. The number of carbonyl (C=O) groups excluding carboxylic acids is 1. The lowest BCUT2D eigenvalue weighted by atomic mass is 9.96. The van der Waals surface area contributed by atoms with Crippen LogP contribution in [0.3, 0.4) is 0 Å². The lowest BCUT2D eigenvalue weighted by Gasteiger charge is -2.14. The fourth-order valence-electron chi connectivity index (χ4n) is 2.26. The molecular weight excluding hydrogens is 310 g/mol. The molecule has 0 aliphatic heterocycles. The highest BCUT2D eigenvalue weighted by atomic mass is 16.6. The van der Waals surface area contributed by atoms with E-state index in [1.807, 2.05) is 12.1 Å². The van der Waals surface area contributed by atoms with Gasteiger partial charge in [-0.2, -0.15) is 0 Å². The van der Waals surface area contributed by atoms with Crippen LogP contribution < -0.4 is 16.2 Å². The Kier molecular flexibility index (Phi) is 5.49. The molecule has 7 heteroatoms. The number of carbonyl (C=O) groups is 1. The third-order valence-electron chi connectivity index (χ3n) is 3.69. The van der Waals surface area contributed by atoms with E-state index in [1.165, 1.54) is 24.3 Å². The van der Waals surface area contributed by atoms with E-state index in [2.05, 4.69) is 0 Å². The first-order chi connectivity index (χ1) is 11.4. The van der Waals surface area contributed by atoms with Crippen LogP contribution >= 0.6 is 0 Å². The Bertz CT molecular complexity index is 744. The van der Waals surface area contributed by atoms with Crippen LogP contribution in [0.15, 0.2) is 42.5 Å². The minimum Gasteiger partial charge on any atom is -0.457 e. The van der Waals surface area contributed by atoms with E-state index >= 15 is 0 Å². The number of hydrogen-bond acceptors (Lipinski definition) is 5. The monoisotopic (exact) mass is 329 g/mol. The number of primary amides is 1. The Hall–Kier alpha value is -2.93. The first-order valence-corrected chi connectivity index (χ1v) is 7.44. The molecule has 0 saturated carbocycles. The Morgan fingerprint density at radius 2 is 1.79 bits per heavy atom. The average Bonchev–Trinajstić information content (AvgIpc) is 2.55. The van der Waals surface area contributed by atoms with Crippen LogP contribution in [-0.2, 0) is 17.8 Å². The van der Waals surface area contributed by atoms with Crippen molar-refractivity contribution in [2.45, 2.75) is 19.9 Å². The molecular formula is C17H19N3O4. The summed E-state index contributed by atoms with van der Waals surface area (Å²) in [4.78, 5) is 21.5. The standard InChI is InChI=1S/C17H19N3O4/c1-11(17(19)21)8-13-9-16(5-2-12(13)10-18)24-15-6-3-14(4-7-15)20(22)23/h2-7,9,11H,8,10,18H2,1H3,(H2,19,21). The molecule has 0 heterocycles. The summed E-state index contributed by atoms with van der Waals surface area (Å²) in [5.41, 5.74) is 12.9. The lowest BCUT2D eigenvalue weighted by molar-refractivity contribution is -0.384. The molecule has 0 spiro atoms. The quantitative estimate of drug-likeness (QED) is 0.597. The summed E-state index contributed by atoms with van der Waals surface area (Å²) in [6.07, 6.45) is 0.472. The molecule has 0 radical (unpaired) electrons. The molecule has 1 unspecified atom stereocenters. The van der Waals surface area contributed by atoms with E-state index in [0.717, 1.165) is 11.1 Å². The van der Waals surface area contributed by atoms with Gasteiger partial charge in [0.15, 0.2) is 0 Å². The second-order valence-corrected chi connectivity index (χ2v) is 5.50. The third-order valence-corrected chi connectivity index (χ3v) is 3.69. The summed E-state index contributed by atoms with van der Waals surface area (Å²) >= 11 is 0. The zero-order valence-electron chi connectivity index (χ0n) is 13.3. The van der Waals surface area contributed by atoms with Crippen LogP contribution in [0.1, 0.15) is 18.1 Å². The second kappa shape index (κ2) is 7.56. The average molecular weight is 329 g/mol. The molecule has 7 nitrogen and oxygen atoms in total. The van der Waals surface area contributed by atoms with Gasteiger partial charge in [0.1, 0.15) is 11.5 Å². The fourth-order valence-corrected chi connectivity index (χ4v) is 2.26. The third kappa shape index (κ3) is 4.30. The van der Waals surface area contributed by atoms with Crippen molar-refractivity contribution in [1.29, 1.82) is 0 Å². The van der Waals surface area contributed by atoms with Gasteiger partial charge in [-0.25, -0.2) is 0 Å². The van der Waals surface area contributed by atoms with Crippen LogP contribution in [0.25, 0.3) is 0 Å². The van der Waals surface area contributed by atoms with E-state index < -0.39 is 4.92 Å². The topological polar surface area (TPSA) is 121 Å². The number of non-ortho nitro benzene ring substituents is 1. The maximum Gasteiger partial charge on any atom is 0.269 e.